The van der Waals surface area contributed by atoms with Gasteiger partial charge < -0.3 is 4.74 Å². The van der Waals surface area contributed by atoms with Crippen LogP contribution in [0, 0.1) is 6.92 Å². The van der Waals surface area contributed by atoms with Crippen LogP contribution in [0.3, 0.4) is 0 Å². The number of piperidine rings is 1. The number of hydrogen-bond acceptors (Lipinski definition) is 5. The lowest BCUT2D eigenvalue weighted by Gasteiger charge is -2.48. The first-order valence-corrected chi connectivity index (χ1v) is 15.1. The fourth-order valence-electron chi connectivity index (χ4n) is 5.64. The summed E-state index contributed by atoms with van der Waals surface area (Å²) >= 11 is 0. The summed E-state index contributed by atoms with van der Waals surface area (Å²) in [5, 5.41) is 0. The molecular weight excluding hydrogens is 480 g/mol. The van der Waals surface area contributed by atoms with E-state index in [2.05, 4.69) is 48.9 Å². The highest BCUT2D eigenvalue weighted by Gasteiger charge is 2.41. The number of hydrogen-bond donors (Lipinski definition) is 0. The van der Waals surface area contributed by atoms with Crippen molar-refractivity contribution < 1.29 is 13.2 Å². The van der Waals surface area contributed by atoms with Crippen LogP contribution >= 0.6 is 0 Å². The van der Waals surface area contributed by atoms with Gasteiger partial charge in [-0.2, -0.15) is 0 Å². The quantitative estimate of drug-likeness (QED) is 0.407. The van der Waals surface area contributed by atoms with Gasteiger partial charge in [-0.1, -0.05) is 36.4 Å². The Morgan fingerprint density at radius 3 is 2.30 bits per heavy atom. The minimum atomic E-state index is -3.30. The zero-order chi connectivity index (χ0) is 26.3. The number of ether oxygens (including phenoxy) is 1. The van der Waals surface area contributed by atoms with Gasteiger partial charge in [0.15, 0.2) is 9.84 Å². The number of fused-ring (bicyclic) bond motifs is 1. The number of aromatic nitrogens is 1. The van der Waals surface area contributed by atoms with Crippen molar-refractivity contribution in [1.29, 1.82) is 0 Å². The molecule has 37 heavy (non-hydrogen) atoms. The number of likely N-dealkylation sites (tertiary alicyclic amines) is 1. The van der Waals surface area contributed by atoms with Crippen molar-refractivity contribution in [2.24, 2.45) is 0 Å². The van der Waals surface area contributed by atoms with Crippen LogP contribution in [0.25, 0.3) is 11.1 Å². The molecule has 2 aliphatic rings. The molecule has 1 fully saturated rings. The predicted octanol–water partition coefficient (Wildman–Crippen LogP) is 6.13. The Morgan fingerprint density at radius 2 is 1.62 bits per heavy atom. The van der Waals surface area contributed by atoms with Crippen LogP contribution in [0.1, 0.15) is 62.5 Å². The Labute approximate surface area is 221 Å². The lowest BCUT2D eigenvalue weighted by Crippen LogP contribution is -2.54. The highest BCUT2D eigenvalue weighted by Crippen LogP contribution is 2.41. The molecule has 5 rings (SSSR count). The Morgan fingerprint density at radius 1 is 0.919 bits per heavy atom. The van der Waals surface area contributed by atoms with Crippen LogP contribution in [0.2, 0.25) is 0 Å². The lowest BCUT2D eigenvalue weighted by atomic mass is 9.81. The van der Waals surface area contributed by atoms with Crippen LogP contribution in [0.5, 0.6) is 5.75 Å². The maximum atomic E-state index is 12.7. The first-order valence-electron chi connectivity index (χ1n) is 13.3. The van der Waals surface area contributed by atoms with Crippen molar-refractivity contribution in [1.82, 2.24) is 9.88 Å². The highest BCUT2D eigenvalue weighted by molar-refractivity contribution is 7.89. The van der Waals surface area contributed by atoms with Crippen molar-refractivity contribution in [3.05, 3.63) is 83.2 Å². The van der Waals surface area contributed by atoms with E-state index in [9.17, 15) is 8.42 Å². The van der Waals surface area contributed by atoms with Crippen LogP contribution in [-0.4, -0.2) is 42.5 Å². The predicted molar refractivity (Wildman–Crippen MR) is 149 cm³/mol. The first-order chi connectivity index (χ1) is 17.5. The Balaban J connectivity index is 1.24. The molecule has 3 heterocycles. The van der Waals surface area contributed by atoms with Gasteiger partial charge in [-0.05, 0) is 99.9 Å². The molecule has 1 spiro atoms. The van der Waals surface area contributed by atoms with Gasteiger partial charge >= 0.3 is 0 Å². The summed E-state index contributed by atoms with van der Waals surface area (Å²) < 4.78 is 32.1. The third-order valence-corrected chi connectivity index (χ3v) is 9.36. The molecule has 5 nitrogen and oxygen atoms in total. The largest absolute Gasteiger partial charge is 0.487 e. The standard InChI is InChI=1S/C31H38N2O3S/c1-23-6-5-7-28(32-23)22-37(34,35)21-24-8-10-25(11-9-24)26-12-13-29-27(20-26)14-15-31(36-29)16-18-33(19-17-31)30(2,3)4/h5-13,20H,14-19,21-22H2,1-4H3. The van der Waals surface area contributed by atoms with Crippen LogP contribution in [0.4, 0.5) is 0 Å². The van der Waals surface area contributed by atoms with E-state index in [1.54, 1.807) is 6.07 Å². The molecule has 196 valence electrons. The maximum Gasteiger partial charge on any atom is 0.160 e. The van der Waals surface area contributed by atoms with E-state index >= 15 is 0 Å². The summed E-state index contributed by atoms with van der Waals surface area (Å²) in [6.07, 6.45) is 4.25. The van der Waals surface area contributed by atoms with Crippen molar-refractivity contribution in [3.8, 4) is 16.9 Å². The van der Waals surface area contributed by atoms with E-state index in [0.717, 1.165) is 66.9 Å². The Hall–Kier alpha value is -2.70. The summed E-state index contributed by atoms with van der Waals surface area (Å²) in [4.78, 5) is 6.90. The van der Waals surface area contributed by atoms with E-state index in [1.807, 2.05) is 43.3 Å². The number of benzene rings is 2. The topological polar surface area (TPSA) is 59.5 Å². The molecule has 2 aliphatic heterocycles. The average molecular weight is 519 g/mol. The van der Waals surface area contributed by atoms with Gasteiger partial charge in [0, 0.05) is 24.3 Å². The molecule has 0 amide bonds. The minimum absolute atomic E-state index is 0.00958. The maximum absolute atomic E-state index is 12.7. The fourth-order valence-corrected chi connectivity index (χ4v) is 7.06. The van der Waals surface area contributed by atoms with Gasteiger partial charge in [0.05, 0.1) is 17.2 Å². The number of pyridine rings is 1. The molecule has 2 aromatic carbocycles. The normalized spacial score (nSPS) is 17.8. The van der Waals surface area contributed by atoms with E-state index in [-0.39, 0.29) is 22.6 Å². The molecule has 1 aromatic heterocycles. The second-order valence-corrected chi connectivity index (χ2v) is 13.8. The molecule has 3 aromatic rings. The van der Waals surface area contributed by atoms with Crippen molar-refractivity contribution in [3.63, 3.8) is 0 Å². The van der Waals surface area contributed by atoms with Gasteiger partial charge in [0.1, 0.15) is 11.4 Å². The smallest absolute Gasteiger partial charge is 0.160 e. The number of sulfone groups is 1. The summed E-state index contributed by atoms with van der Waals surface area (Å²) in [6.45, 7) is 10.9. The zero-order valence-corrected chi connectivity index (χ0v) is 23.3. The molecule has 6 heteroatoms. The van der Waals surface area contributed by atoms with Gasteiger partial charge in [0.25, 0.3) is 0 Å². The third-order valence-electron chi connectivity index (χ3n) is 7.85. The van der Waals surface area contributed by atoms with E-state index in [0.29, 0.717) is 5.69 Å². The zero-order valence-electron chi connectivity index (χ0n) is 22.5. The highest BCUT2D eigenvalue weighted by atomic mass is 32.2. The second-order valence-electron chi connectivity index (χ2n) is 11.8. The van der Waals surface area contributed by atoms with Gasteiger partial charge in [-0.15, -0.1) is 0 Å². The Bertz CT molecular complexity index is 1370. The monoisotopic (exact) mass is 518 g/mol. The van der Waals surface area contributed by atoms with E-state index in [4.69, 9.17) is 4.74 Å². The molecule has 0 unspecified atom stereocenters. The number of rotatable bonds is 5. The molecule has 0 saturated carbocycles. The van der Waals surface area contributed by atoms with Gasteiger partial charge in [-0.25, -0.2) is 8.42 Å². The summed E-state index contributed by atoms with van der Waals surface area (Å²) in [5.74, 6) is 0.985. The molecule has 0 atom stereocenters. The molecular formula is C31H38N2O3S. The van der Waals surface area contributed by atoms with Gasteiger partial charge in [0.2, 0.25) is 0 Å². The summed E-state index contributed by atoms with van der Waals surface area (Å²) in [6, 6.07) is 19.8. The molecule has 1 saturated heterocycles. The van der Waals surface area contributed by atoms with Crippen molar-refractivity contribution >= 4 is 9.84 Å². The van der Waals surface area contributed by atoms with Crippen LogP contribution in [0.15, 0.2) is 60.7 Å². The van der Waals surface area contributed by atoms with Gasteiger partial charge in [-0.3, -0.25) is 9.88 Å². The third kappa shape index (κ3) is 6.07. The average Bonchev–Trinajstić information content (AvgIpc) is 2.83. The van der Waals surface area contributed by atoms with Crippen LogP contribution < -0.4 is 4.74 Å². The lowest BCUT2D eigenvalue weighted by molar-refractivity contribution is -0.0355. The number of nitrogens with zero attached hydrogens (tertiary/aromatic N) is 2. The van der Waals surface area contributed by atoms with Crippen molar-refractivity contribution in [2.75, 3.05) is 13.1 Å². The van der Waals surface area contributed by atoms with E-state index in [1.165, 1.54) is 5.56 Å². The summed E-state index contributed by atoms with van der Waals surface area (Å²) in [5.41, 5.74) is 5.88. The number of aryl methyl sites for hydroxylation is 2. The Kier molecular flexibility index (Phi) is 6.92. The minimum Gasteiger partial charge on any atom is -0.487 e. The molecule has 0 N–H and O–H groups in total. The molecule has 0 aliphatic carbocycles. The first kappa shape index (κ1) is 25.9. The van der Waals surface area contributed by atoms with E-state index < -0.39 is 9.84 Å². The second kappa shape index (κ2) is 9.88. The SMILES string of the molecule is Cc1cccc(CS(=O)(=O)Cc2ccc(-c3ccc4c(c3)CCC3(CCN(C(C)(C)C)CC3)O4)cc2)n1. The summed E-state index contributed by atoms with van der Waals surface area (Å²) in [7, 11) is -3.30. The molecule has 0 bridgehead atoms. The fraction of sp³-hybridized carbons (Fsp3) is 0.452. The molecule has 0 radical (unpaired) electrons. The van der Waals surface area contributed by atoms with Crippen molar-refractivity contribution in [2.45, 2.75) is 76.0 Å². The van der Waals surface area contributed by atoms with Crippen LogP contribution in [-0.2, 0) is 27.8 Å².